The first-order valence-electron chi connectivity index (χ1n) is 4.59. The second-order valence-corrected chi connectivity index (χ2v) is 3.12. The number of carbonyl (C=O) groups excluding carboxylic acids is 1. The summed E-state index contributed by atoms with van der Waals surface area (Å²) in [5.74, 6) is -0.516. The molecule has 0 aliphatic heterocycles. The molecule has 0 aromatic heterocycles. The number of nitrogens with two attached hydrogens (primary N) is 1. The van der Waals surface area contributed by atoms with Crippen LogP contribution in [0.25, 0.3) is 0 Å². The van der Waals surface area contributed by atoms with Gasteiger partial charge in [0.1, 0.15) is 5.75 Å². The van der Waals surface area contributed by atoms with E-state index < -0.39 is 12.0 Å². The Hall–Kier alpha value is -1.59. The van der Waals surface area contributed by atoms with Crippen LogP contribution in [0.5, 0.6) is 5.75 Å². The summed E-state index contributed by atoms with van der Waals surface area (Å²) < 4.78 is 0. The van der Waals surface area contributed by atoms with Gasteiger partial charge in [0.25, 0.3) is 5.91 Å². The Bertz CT molecular complexity index is 341. The molecule has 1 rings (SSSR count). The highest BCUT2D eigenvalue weighted by Crippen LogP contribution is 2.14. The fourth-order valence-electron chi connectivity index (χ4n) is 1.05. The van der Waals surface area contributed by atoms with Gasteiger partial charge in [-0.05, 0) is 12.1 Å². The topological polar surface area (TPSA) is 95.6 Å². The molecule has 0 bridgehead atoms. The van der Waals surface area contributed by atoms with E-state index in [9.17, 15) is 9.90 Å². The van der Waals surface area contributed by atoms with Crippen LogP contribution in [0.2, 0.25) is 0 Å². The minimum Gasteiger partial charge on any atom is -0.507 e. The molecule has 0 saturated carbocycles. The third kappa shape index (κ3) is 3.23. The summed E-state index contributed by atoms with van der Waals surface area (Å²) in [6.45, 7) is 0.157. The summed E-state index contributed by atoms with van der Waals surface area (Å²) >= 11 is 0. The summed E-state index contributed by atoms with van der Waals surface area (Å²) in [6, 6.07) is 6.20. The summed E-state index contributed by atoms with van der Waals surface area (Å²) in [7, 11) is 0. The third-order valence-corrected chi connectivity index (χ3v) is 1.92. The van der Waals surface area contributed by atoms with Crippen molar-refractivity contribution in [2.45, 2.75) is 6.10 Å². The molecule has 5 heteroatoms. The minimum absolute atomic E-state index is 0.0731. The Kier molecular flexibility index (Phi) is 4.08. The van der Waals surface area contributed by atoms with Gasteiger partial charge in [0.05, 0.1) is 11.7 Å². The summed E-state index contributed by atoms with van der Waals surface area (Å²) in [5.41, 5.74) is 5.36. The van der Waals surface area contributed by atoms with Crippen molar-refractivity contribution in [1.29, 1.82) is 0 Å². The molecule has 1 amide bonds. The van der Waals surface area contributed by atoms with Gasteiger partial charge in [-0.1, -0.05) is 12.1 Å². The van der Waals surface area contributed by atoms with Crippen LogP contribution in [0, 0.1) is 0 Å². The number of carbonyl (C=O) groups is 1. The molecule has 0 spiro atoms. The number of benzene rings is 1. The predicted molar refractivity (Wildman–Crippen MR) is 55.5 cm³/mol. The minimum atomic E-state index is -0.764. The summed E-state index contributed by atoms with van der Waals surface area (Å²) in [6.07, 6.45) is -0.764. The number of aromatic hydroxyl groups is 1. The number of phenols is 1. The quantitative estimate of drug-likeness (QED) is 0.535. The molecule has 1 aromatic carbocycles. The molecule has 5 N–H and O–H groups in total. The maximum Gasteiger partial charge on any atom is 0.255 e. The Labute approximate surface area is 87.5 Å². The first-order valence-corrected chi connectivity index (χ1v) is 4.59. The van der Waals surface area contributed by atoms with Gasteiger partial charge >= 0.3 is 0 Å². The second kappa shape index (κ2) is 5.33. The Morgan fingerprint density at radius 1 is 1.47 bits per heavy atom. The SMILES string of the molecule is NCC(O)CNC(=O)c1ccccc1O. The fraction of sp³-hybridized carbons (Fsp3) is 0.300. The van der Waals surface area contributed by atoms with Crippen LogP contribution in [0.3, 0.4) is 0 Å². The number of aliphatic hydroxyl groups is 1. The molecule has 82 valence electrons. The molecule has 5 nitrogen and oxygen atoms in total. The molecule has 1 atom stereocenters. The van der Waals surface area contributed by atoms with E-state index in [1.807, 2.05) is 0 Å². The van der Waals surface area contributed by atoms with E-state index >= 15 is 0 Å². The van der Waals surface area contributed by atoms with Crippen molar-refractivity contribution in [3.05, 3.63) is 29.8 Å². The van der Waals surface area contributed by atoms with Crippen molar-refractivity contribution < 1.29 is 15.0 Å². The molecule has 0 aliphatic carbocycles. The maximum absolute atomic E-state index is 11.5. The number of amides is 1. The zero-order valence-corrected chi connectivity index (χ0v) is 8.18. The smallest absolute Gasteiger partial charge is 0.255 e. The van der Waals surface area contributed by atoms with E-state index in [2.05, 4.69) is 5.32 Å². The number of nitrogens with one attached hydrogen (secondary N) is 1. The normalized spacial score (nSPS) is 12.1. The highest BCUT2D eigenvalue weighted by atomic mass is 16.3. The van der Waals surface area contributed by atoms with Crippen molar-refractivity contribution in [1.82, 2.24) is 5.32 Å². The molecule has 1 unspecified atom stereocenters. The van der Waals surface area contributed by atoms with Crippen molar-refractivity contribution in [3.8, 4) is 5.75 Å². The van der Waals surface area contributed by atoms with E-state index in [1.54, 1.807) is 12.1 Å². The molecule has 0 heterocycles. The van der Waals surface area contributed by atoms with Gasteiger partial charge in [-0.2, -0.15) is 0 Å². The van der Waals surface area contributed by atoms with E-state index in [0.29, 0.717) is 0 Å². The van der Waals surface area contributed by atoms with Gasteiger partial charge in [-0.3, -0.25) is 4.79 Å². The zero-order chi connectivity index (χ0) is 11.3. The van der Waals surface area contributed by atoms with Crippen LogP contribution in [0.1, 0.15) is 10.4 Å². The van der Waals surface area contributed by atoms with Crippen molar-refractivity contribution in [2.24, 2.45) is 5.73 Å². The van der Waals surface area contributed by atoms with Crippen LogP contribution >= 0.6 is 0 Å². The van der Waals surface area contributed by atoms with E-state index in [1.165, 1.54) is 12.1 Å². The average molecular weight is 210 g/mol. The van der Waals surface area contributed by atoms with Crippen molar-refractivity contribution in [2.75, 3.05) is 13.1 Å². The van der Waals surface area contributed by atoms with Gasteiger partial charge in [0, 0.05) is 13.1 Å². The molecular weight excluding hydrogens is 196 g/mol. The Morgan fingerprint density at radius 3 is 2.73 bits per heavy atom. The van der Waals surface area contributed by atoms with Crippen LogP contribution in [0.15, 0.2) is 24.3 Å². The fourth-order valence-corrected chi connectivity index (χ4v) is 1.05. The van der Waals surface area contributed by atoms with Crippen LogP contribution < -0.4 is 11.1 Å². The number of hydrogen-bond donors (Lipinski definition) is 4. The van der Waals surface area contributed by atoms with Gasteiger partial charge in [-0.25, -0.2) is 0 Å². The third-order valence-electron chi connectivity index (χ3n) is 1.92. The number of hydrogen-bond acceptors (Lipinski definition) is 4. The second-order valence-electron chi connectivity index (χ2n) is 3.12. The summed E-state index contributed by atoms with van der Waals surface area (Å²) in [5, 5.41) is 20.9. The lowest BCUT2D eigenvalue weighted by Crippen LogP contribution is -2.36. The number of para-hydroxylation sites is 1. The zero-order valence-electron chi connectivity index (χ0n) is 8.18. The molecular formula is C10H14N2O3. The van der Waals surface area contributed by atoms with Crippen molar-refractivity contribution in [3.63, 3.8) is 0 Å². The van der Waals surface area contributed by atoms with E-state index in [4.69, 9.17) is 10.8 Å². The Balaban J connectivity index is 2.58. The standard InChI is InChI=1S/C10H14N2O3/c11-5-7(13)6-12-10(15)8-3-1-2-4-9(8)14/h1-4,7,13-14H,5-6,11H2,(H,12,15). The molecule has 15 heavy (non-hydrogen) atoms. The highest BCUT2D eigenvalue weighted by molar-refractivity contribution is 5.96. The van der Waals surface area contributed by atoms with Crippen LogP contribution in [-0.2, 0) is 0 Å². The molecule has 1 aromatic rings. The summed E-state index contributed by atoms with van der Waals surface area (Å²) in [4.78, 5) is 11.5. The predicted octanol–water partition coefficient (Wildman–Crippen LogP) is -0.558. The van der Waals surface area contributed by atoms with E-state index in [0.717, 1.165) is 0 Å². The molecule has 0 radical (unpaired) electrons. The first kappa shape index (κ1) is 11.5. The molecule has 0 aliphatic rings. The number of aliphatic hydroxyl groups excluding tert-OH is 1. The highest BCUT2D eigenvalue weighted by Gasteiger charge is 2.10. The number of phenolic OH excluding ortho intramolecular Hbond substituents is 1. The van der Waals surface area contributed by atoms with Gasteiger partial charge in [-0.15, -0.1) is 0 Å². The lowest BCUT2D eigenvalue weighted by molar-refractivity contribution is 0.0917. The van der Waals surface area contributed by atoms with Crippen LogP contribution in [0.4, 0.5) is 0 Å². The van der Waals surface area contributed by atoms with Crippen molar-refractivity contribution >= 4 is 5.91 Å². The average Bonchev–Trinajstić information content (AvgIpc) is 2.26. The Morgan fingerprint density at radius 2 is 2.13 bits per heavy atom. The lowest BCUT2D eigenvalue weighted by atomic mass is 10.2. The lowest BCUT2D eigenvalue weighted by Gasteiger charge is -2.09. The van der Waals surface area contributed by atoms with Gasteiger partial charge in [0.2, 0.25) is 0 Å². The molecule has 0 saturated heterocycles. The van der Waals surface area contributed by atoms with E-state index in [-0.39, 0.29) is 24.4 Å². The first-order chi connectivity index (χ1) is 7.15. The largest absolute Gasteiger partial charge is 0.507 e. The van der Waals surface area contributed by atoms with Gasteiger partial charge in [0.15, 0.2) is 0 Å². The van der Waals surface area contributed by atoms with Gasteiger partial charge < -0.3 is 21.3 Å². The number of rotatable bonds is 4. The molecule has 0 fully saturated rings. The monoisotopic (exact) mass is 210 g/mol. The maximum atomic E-state index is 11.5. The van der Waals surface area contributed by atoms with Crippen LogP contribution in [-0.4, -0.2) is 35.3 Å².